The van der Waals surface area contributed by atoms with Crippen molar-refractivity contribution < 1.29 is 51.4 Å². The maximum atomic E-state index is 4.36. The molecule has 0 rings (SSSR count). The van der Waals surface area contributed by atoms with Gasteiger partial charge in [0.15, 0.2) is 0 Å². The molecule has 0 N–H and O–H groups in total. The SMILES string of the molecule is CC(C)CC[N-]C(C)C.[K+]. The van der Waals surface area contributed by atoms with Gasteiger partial charge in [-0.3, -0.25) is 0 Å². The Labute approximate surface area is 108 Å². The van der Waals surface area contributed by atoms with E-state index in [2.05, 4.69) is 33.0 Å². The van der Waals surface area contributed by atoms with Crippen LogP contribution in [0.5, 0.6) is 0 Å². The monoisotopic (exact) mass is 167 g/mol. The fourth-order valence-electron chi connectivity index (χ4n) is 0.591. The Morgan fingerprint density at radius 2 is 1.60 bits per heavy atom. The van der Waals surface area contributed by atoms with Gasteiger partial charge in [0.2, 0.25) is 0 Å². The molecule has 0 aliphatic carbocycles. The molecule has 0 amide bonds. The fourth-order valence-corrected chi connectivity index (χ4v) is 0.591. The van der Waals surface area contributed by atoms with Crippen molar-refractivity contribution in [1.82, 2.24) is 0 Å². The number of rotatable bonds is 4. The normalized spacial score (nSPS) is 10.2. The van der Waals surface area contributed by atoms with E-state index in [1.54, 1.807) is 0 Å². The van der Waals surface area contributed by atoms with Crippen LogP contribution in [0.25, 0.3) is 5.32 Å². The molecule has 0 aromatic heterocycles. The number of hydrogen-bond donors (Lipinski definition) is 0. The van der Waals surface area contributed by atoms with E-state index in [0.717, 1.165) is 12.5 Å². The van der Waals surface area contributed by atoms with E-state index in [9.17, 15) is 0 Å². The van der Waals surface area contributed by atoms with E-state index in [0.29, 0.717) is 6.04 Å². The molecule has 0 radical (unpaired) electrons. The van der Waals surface area contributed by atoms with Crippen molar-refractivity contribution in [3.05, 3.63) is 5.32 Å². The van der Waals surface area contributed by atoms with Crippen LogP contribution < -0.4 is 51.4 Å². The van der Waals surface area contributed by atoms with Crippen LogP contribution in [0, 0.1) is 5.92 Å². The Morgan fingerprint density at radius 1 is 1.10 bits per heavy atom. The van der Waals surface area contributed by atoms with E-state index in [-0.39, 0.29) is 51.4 Å². The van der Waals surface area contributed by atoms with Crippen LogP contribution in [0.15, 0.2) is 0 Å². The first-order valence-corrected chi connectivity index (χ1v) is 3.79. The topological polar surface area (TPSA) is 14.1 Å². The van der Waals surface area contributed by atoms with Crippen molar-refractivity contribution in [3.8, 4) is 0 Å². The molecule has 0 fully saturated rings. The molecule has 0 unspecified atom stereocenters. The average Bonchev–Trinajstić information content (AvgIpc) is 1.63. The van der Waals surface area contributed by atoms with Crippen LogP contribution >= 0.6 is 0 Å². The molecule has 0 bridgehead atoms. The van der Waals surface area contributed by atoms with E-state index < -0.39 is 0 Å². The van der Waals surface area contributed by atoms with E-state index in [4.69, 9.17) is 0 Å². The molecule has 0 saturated heterocycles. The molecule has 0 atom stereocenters. The van der Waals surface area contributed by atoms with Crippen molar-refractivity contribution in [2.45, 2.75) is 40.2 Å². The molecule has 56 valence electrons. The Balaban J connectivity index is 0. The second-order valence-electron chi connectivity index (χ2n) is 3.18. The zero-order chi connectivity index (χ0) is 7.28. The molecule has 0 aromatic carbocycles. The maximum Gasteiger partial charge on any atom is 1.00 e. The predicted molar refractivity (Wildman–Crippen MR) is 42.8 cm³/mol. The molecule has 0 aromatic rings. The van der Waals surface area contributed by atoms with Gasteiger partial charge in [0.1, 0.15) is 0 Å². The molecular weight excluding hydrogens is 149 g/mol. The second-order valence-corrected chi connectivity index (χ2v) is 3.18. The molecule has 0 spiro atoms. The Bertz CT molecular complexity index is 54.3. The van der Waals surface area contributed by atoms with Gasteiger partial charge in [-0.2, -0.15) is 0 Å². The molecule has 0 aliphatic heterocycles. The van der Waals surface area contributed by atoms with Gasteiger partial charge in [0, 0.05) is 0 Å². The molecular formula is C8H18KN. The summed E-state index contributed by atoms with van der Waals surface area (Å²) in [4.78, 5) is 0. The maximum absolute atomic E-state index is 4.36. The molecule has 0 aliphatic rings. The van der Waals surface area contributed by atoms with Crippen LogP contribution in [0.2, 0.25) is 0 Å². The van der Waals surface area contributed by atoms with Crippen molar-refractivity contribution >= 4 is 0 Å². The molecule has 2 heteroatoms. The Kier molecular flexibility index (Phi) is 12.3. The van der Waals surface area contributed by atoms with Gasteiger partial charge in [-0.05, 0) is 5.92 Å². The molecule has 0 heterocycles. The van der Waals surface area contributed by atoms with Gasteiger partial charge in [-0.1, -0.05) is 34.1 Å². The first kappa shape index (κ1) is 14.1. The fraction of sp³-hybridized carbons (Fsp3) is 1.00. The van der Waals surface area contributed by atoms with Gasteiger partial charge in [0.25, 0.3) is 0 Å². The van der Waals surface area contributed by atoms with Crippen molar-refractivity contribution in [2.75, 3.05) is 6.54 Å². The summed E-state index contributed by atoms with van der Waals surface area (Å²) in [5.41, 5.74) is 0. The quantitative estimate of drug-likeness (QED) is 0.516. The summed E-state index contributed by atoms with van der Waals surface area (Å²) in [5, 5.41) is 4.36. The van der Waals surface area contributed by atoms with E-state index in [1.807, 2.05) is 0 Å². The minimum atomic E-state index is 0. The summed E-state index contributed by atoms with van der Waals surface area (Å²) in [5.74, 6) is 0.799. The standard InChI is InChI=1S/C8H18N.K/c1-7(2)5-6-9-8(3)4;/h7-8H,5-6H2,1-4H3;/q-1;+1. The predicted octanol–water partition coefficient (Wildman–Crippen LogP) is -0.181. The van der Waals surface area contributed by atoms with Crippen LogP contribution in [0.3, 0.4) is 0 Å². The first-order valence-electron chi connectivity index (χ1n) is 3.79. The Morgan fingerprint density at radius 3 is 1.90 bits per heavy atom. The Hall–Kier alpha value is 1.60. The van der Waals surface area contributed by atoms with Crippen LogP contribution in [-0.2, 0) is 0 Å². The zero-order valence-corrected chi connectivity index (χ0v) is 11.1. The molecule has 1 nitrogen and oxygen atoms in total. The third-order valence-corrected chi connectivity index (χ3v) is 1.20. The third-order valence-electron chi connectivity index (χ3n) is 1.20. The van der Waals surface area contributed by atoms with Crippen molar-refractivity contribution in [2.24, 2.45) is 5.92 Å². The summed E-state index contributed by atoms with van der Waals surface area (Å²) in [7, 11) is 0. The minimum absolute atomic E-state index is 0. The van der Waals surface area contributed by atoms with Crippen molar-refractivity contribution in [1.29, 1.82) is 0 Å². The van der Waals surface area contributed by atoms with Gasteiger partial charge in [-0.25, -0.2) is 0 Å². The summed E-state index contributed by atoms with van der Waals surface area (Å²) in [6.45, 7) is 9.75. The smallest absolute Gasteiger partial charge is 0.660 e. The van der Waals surface area contributed by atoms with Crippen LogP contribution in [0.4, 0.5) is 0 Å². The second kappa shape index (κ2) is 8.69. The minimum Gasteiger partial charge on any atom is -0.660 e. The average molecular weight is 167 g/mol. The molecule has 0 saturated carbocycles. The summed E-state index contributed by atoms with van der Waals surface area (Å²) >= 11 is 0. The van der Waals surface area contributed by atoms with Crippen LogP contribution in [0.1, 0.15) is 34.1 Å². The van der Waals surface area contributed by atoms with Crippen LogP contribution in [-0.4, -0.2) is 12.6 Å². The number of nitrogens with zero attached hydrogens (tertiary/aromatic N) is 1. The largest absolute Gasteiger partial charge is 1.00 e. The van der Waals surface area contributed by atoms with Crippen molar-refractivity contribution in [3.63, 3.8) is 0 Å². The first-order chi connectivity index (χ1) is 4.13. The summed E-state index contributed by atoms with van der Waals surface area (Å²) in [6, 6.07) is 0.517. The summed E-state index contributed by atoms with van der Waals surface area (Å²) < 4.78 is 0. The van der Waals surface area contributed by atoms with E-state index >= 15 is 0 Å². The number of hydrogen-bond acceptors (Lipinski definition) is 0. The molecule has 10 heavy (non-hydrogen) atoms. The van der Waals surface area contributed by atoms with Gasteiger partial charge in [0.05, 0.1) is 0 Å². The van der Waals surface area contributed by atoms with E-state index in [1.165, 1.54) is 6.42 Å². The van der Waals surface area contributed by atoms with Gasteiger partial charge >= 0.3 is 51.4 Å². The third kappa shape index (κ3) is 12.3. The van der Waals surface area contributed by atoms with Gasteiger partial charge < -0.3 is 5.32 Å². The summed E-state index contributed by atoms with van der Waals surface area (Å²) in [6.07, 6.45) is 1.23. The van der Waals surface area contributed by atoms with Gasteiger partial charge in [-0.15, -0.1) is 12.6 Å². The zero-order valence-electron chi connectivity index (χ0n) is 8.02.